The Morgan fingerprint density at radius 1 is 1.38 bits per heavy atom. The molecule has 90 valence electrons. The van der Waals surface area contributed by atoms with Crippen LogP contribution in [0, 0.1) is 0 Å². The van der Waals surface area contributed by atoms with Crippen molar-refractivity contribution >= 4 is 31.5 Å². The number of aliphatic hydroxyl groups excluding tert-OH is 1. The van der Waals surface area contributed by atoms with E-state index in [-0.39, 0.29) is 5.75 Å². The van der Waals surface area contributed by atoms with E-state index in [0.717, 1.165) is 0 Å². The van der Waals surface area contributed by atoms with Gasteiger partial charge in [-0.25, -0.2) is 8.42 Å². The fraction of sp³-hybridized carbons (Fsp3) is 0.400. The predicted octanol–water partition coefficient (Wildman–Crippen LogP) is 1.46. The molecule has 0 spiro atoms. The number of anilines is 1. The molecule has 2 atom stereocenters. The van der Waals surface area contributed by atoms with Gasteiger partial charge in [-0.1, -0.05) is 35.0 Å². The SMILES string of the molecule is CCS(=O)(=O)C(Br)C(O)c1ccc(N)cc1. The number of halogens is 1. The Hall–Kier alpha value is -0.590. The van der Waals surface area contributed by atoms with Gasteiger partial charge in [-0.15, -0.1) is 0 Å². The van der Waals surface area contributed by atoms with Gasteiger partial charge in [-0.05, 0) is 17.7 Å². The van der Waals surface area contributed by atoms with Gasteiger partial charge in [-0.3, -0.25) is 0 Å². The highest BCUT2D eigenvalue weighted by Crippen LogP contribution is 2.27. The highest BCUT2D eigenvalue weighted by molar-refractivity contribution is 9.11. The number of rotatable bonds is 4. The minimum atomic E-state index is -3.32. The van der Waals surface area contributed by atoms with Crippen LogP contribution in [0.3, 0.4) is 0 Å². The number of benzene rings is 1. The van der Waals surface area contributed by atoms with Crippen LogP contribution in [0.4, 0.5) is 5.69 Å². The van der Waals surface area contributed by atoms with E-state index >= 15 is 0 Å². The van der Waals surface area contributed by atoms with Crippen LogP contribution in [-0.2, 0) is 9.84 Å². The van der Waals surface area contributed by atoms with Gasteiger partial charge in [0.15, 0.2) is 9.84 Å². The van der Waals surface area contributed by atoms with E-state index in [1.54, 1.807) is 31.2 Å². The lowest BCUT2D eigenvalue weighted by Gasteiger charge is -2.17. The molecule has 16 heavy (non-hydrogen) atoms. The fourth-order valence-electron chi connectivity index (χ4n) is 1.20. The van der Waals surface area contributed by atoms with Crippen LogP contribution in [0.2, 0.25) is 0 Å². The first-order chi connectivity index (χ1) is 7.38. The molecular formula is C10H14BrNO3S. The molecule has 0 aliphatic heterocycles. The molecular weight excluding hydrogens is 294 g/mol. The fourth-order valence-corrected chi connectivity index (χ4v) is 3.17. The molecule has 6 heteroatoms. The van der Waals surface area contributed by atoms with Crippen LogP contribution in [0.5, 0.6) is 0 Å². The minimum absolute atomic E-state index is 0.0189. The molecule has 0 fully saturated rings. The Kier molecular flexibility index (Phi) is 4.35. The molecule has 4 nitrogen and oxygen atoms in total. The Morgan fingerprint density at radius 2 is 1.88 bits per heavy atom. The summed E-state index contributed by atoms with van der Waals surface area (Å²) in [6, 6.07) is 6.46. The van der Waals surface area contributed by atoms with Crippen LogP contribution >= 0.6 is 15.9 Å². The second kappa shape index (κ2) is 5.16. The zero-order valence-corrected chi connectivity index (χ0v) is 11.2. The lowest BCUT2D eigenvalue weighted by atomic mass is 10.1. The number of hydrogen-bond acceptors (Lipinski definition) is 4. The smallest absolute Gasteiger partial charge is 0.165 e. The summed E-state index contributed by atoms with van der Waals surface area (Å²) in [7, 11) is -3.32. The Balaban J connectivity index is 2.94. The number of aliphatic hydroxyl groups is 1. The minimum Gasteiger partial charge on any atom is -0.399 e. The number of hydrogen-bond donors (Lipinski definition) is 2. The zero-order chi connectivity index (χ0) is 12.3. The van der Waals surface area contributed by atoms with Gasteiger partial charge in [0.05, 0.1) is 0 Å². The third kappa shape index (κ3) is 2.96. The first-order valence-corrected chi connectivity index (χ1v) is 7.40. The van der Waals surface area contributed by atoms with Crippen molar-refractivity contribution in [2.75, 3.05) is 11.5 Å². The van der Waals surface area contributed by atoms with E-state index in [4.69, 9.17) is 5.73 Å². The summed E-state index contributed by atoms with van der Waals surface area (Å²) in [5.41, 5.74) is 6.59. The third-order valence-electron chi connectivity index (χ3n) is 2.27. The quantitative estimate of drug-likeness (QED) is 0.652. The third-order valence-corrected chi connectivity index (χ3v) is 6.23. The number of nitrogen functional groups attached to an aromatic ring is 1. The van der Waals surface area contributed by atoms with E-state index < -0.39 is 20.1 Å². The number of nitrogens with two attached hydrogens (primary N) is 1. The van der Waals surface area contributed by atoms with E-state index in [1.807, 2.05) is 0 Å². The molecule has 0 saturated heterocycles. The van der Waals surface area contributed by atoms with Crippen molar-refractivity contribution < 1.29 is 13.5 Å². The maximum Gasteiger partial charge on any atom is 0.165 e. The molecule has 0 aromatic heterocycles. The van der Waals surface area contributed by atoms with E-state index in [1.165, 1.54) is 0 Å². The molecule has 1 rings (SSSR count). The average molecular weight is 308 g/mol. The Bertz CT molecular complexity index is 444. The summed E-state index contributed by atoms with van der Waals surface area (Å²) in [5.74, 6) is -0.0189. The average Bonchev–Trinajstić information content (AvgIpc) is 2.28. The molecule has 0 aliphatic carbocycles. The van der Waals surface area contributed by atoms with E-state index in [0.29, 0.717) is 11.3 Å². The first-order valence-electron chi connectivity index (χ1n) is 4.77. The van der Waals surface area contributed by atoms with Gasteiger partial charge in [-0.2, -0.15) is 0 Å². The summed E-state index contributed by atoms with van der Waals surface area (Å²) < 4.78 is 22.1. The second-order valence-electron chi connectivity index (χ2n) is 3.41. The van der Waals surface area contributed by atoms with Crippen molar-refractivity contribution in [3.63, 3.8) is 0 Å². The molecule has 1 aromatic rings. The van der Waals surface area contributed by atoms with Crippen LogP contribution in [-0.4, -0.2) is 23.4 Å². The van der Waals surface area contributed by atoms with Gasteiger partial charge < -0.3 is 10.8 Å². The number of sulfone groups is 1. The van der Waals surface area contributed by atoms with Crippen molar-refractivity contribution in [2.24, 2.45) is 0 Å². The van der Waals surface area contributed by atoms with Crippen LogP contribution in [0.1, 0.15) is 18.6 Å². The highest BCUT2D eigenvalue weighted by Gasteiger charge is 2.29. The van der Waals surface area contributed by atoms with Crippen LogP contribution in [0.15, 0.2) is 24.3 Å². The van der Waals surface area contributed by atoms with Gasteiger partial charge in [0.2, 0.25) is 0 Å². The van der Waals surface area contributed by atoms with Crippen molar-refractivity contribution in [2.45, 2.75) is 17.2 Å². The van der Waals surface area contributed by atoms with Crippen LogP contribution in [0.25, 0.3) is 0 Å². The van der Waals surface area contributed by atoms with E-state index in [2.05, 4.69) is 15.9 Å². The van der Waals surface area contributed by atoms with E-state index in [9.17, 15) is 13.5 Å². The van der Waals surface area contributed by atoms with Crippen LogP contribution < -0.4 is 5.73 Å². The first kappa shape index (κ1) is 13.5. The Morgan fingerprint density at radius 3 is 2.31 bits per heavy atom. The molecule has 0 saturated carbocycles. The van der Waals surface area contributed by atoms with Crippen molar-refractivity contribution in [1.29, 1.82) is 0 Å². The molecule has 3 N–H and O–H groups in total. The molecule has 0 heterocycles. The summed E-state index contributed by atoms with van der Waals surface area (Å²) >= 11 is 3.01. The summed E-state index contributed by atoms with van der Waals surface area (Å²) in [5, 5.41) is 9.88. The van der Waals surface area contributed by atoms with Crippen molar-refractivity contribution in [3.05, 3.63) is 29.8 Å². The molecule has 2 unspecified atom stereocenters. The highest BCUT2D eigenvalue weighted by atomic mass is 79.9. The molecule has 0 amide bonds. The maximum atomic E-state index is 11.5. The maximum absolute atomic E-state index is 11.5. The van der Waals surface area contributed by atoms with Crippen molar-refractivity contribution in [3.8, 4) is 0 Å². The van der Waals surface area contributed by atoms with Gasteiger partial charge in [0.25, 0.3) is 0 Å². The topological polar surface area (TPSA) is 80.4 Å². The standard InChI is InChI=1S/C10H14BrNO3S/c1-2-16(14,15)10(11)9(13)7-3-5-8(12)6-4-7/h3-6,9-10,13H,2,12H2,1H3. The monoisotopic (exact) mass is 307 g/mol. The lowest BCUT2D eigenvalue weighted by Crippen LogP contribution is -2.24. The number of alkyl halides is 1. The summed E-state index contributed by atoms with van der Waals surface area (Å²) in [6.45, 7) is 1.54. The van der Waals surface area contributed by atoms with Gasteiger partial charge in [0.1, 0.15) is 10.3 Å². The largest absolute Gasteiger partial charge is 0.399 e. The molecule has 0 aliphatic rings. The van der Waals surface area contributed by atoms with Crippen molar-refractivity contribution in [1.82, 2.24) is 0 Å². The molecule has 0 bridgehead atoms. The van der Waals surface area contributed by atoms with Gasteiger partial charge in [0, 0.05) is 11.4 Å². The lowest BCUT2D eigenvalue weighted by molar-refractivity contribution is 0.195. The Labute approximate surface area is 104 Å². The second-order valence-corrected chi connectivity index (χ2v) is 7.42. The molecule has 0 radical (unpaired) electrons. The predicted molar refractivity (Wildman–Crippen MR) is 68.0 cm³/mol. The van der Waals surface area contributed by atoms with Gasteiger partial charge >= 0.3 is 0 Å². The normalized spacial score (nSPS) is 15.7. The summed E-state index contributed by atoms with van der Waals surface area (Å²) in [4.78, 5) is 0. The molecule has 1 aromatic carbocycles. The summed E-state index contributed by atoms with van der Waals surface area (Å²) in [6.07, 6.45) is -1.09. The zero-order valence-electron chi connectivity index (χ0n) is 8.80.